The number of nitrogens with zero attached hydrogens (tertiary/aromatic N) is 2. The van der Waals surface area contributed by atoms with E-state index in [-0.39, 0.29) is 28.1 Å². The summed E-state index contributed by atoms with van der Waals surface area (Å²) >= 11 is 12.8. The number of unbranched alkanes of at least 4 members (excludes halogenated alkanes) is 1. The summed E-state index contributed by atoms with van der Waals surface area (Å²) in [5.74, 6) is -0.531. The molecule has 3 aromatic carbocycles. The molecule has 0 radical (unpaired) electrons. The Morgan fingerprint density at radius 3 is 2.26 bits per heavy atom. The van der Waals surface area contributed by atoms with Crippen molar-refractivity contribution in [2.45, 2.75) is 57.5 Å². The van der Waals surface area contributed by atoms with Crippen LogP contribution in [-0.2, 0) is 26.2 Å². The number of hydrogen-bond acceptors (Lipinski definition) is 5. The number of amides is 2. The van der Waals surface area contributed by atoms with E-state index in [4.69, 9.17) is 27.9 Å². The van der Waals surface area contributed by atoms with Gasteiger partial charge in [0.05, 0.1) is 22.7 Å². The minimum Gasteiger partial charge on any atom is -0.495 e. The largest absolute Gasteiger partial charge is 0.495 e. The Bertz CT molecular complexity index is 1480. The summed E-state index contributed by atoms with van der Waals surface area (Å²) in [6.45, 7) is 5.58. The number of carbonyl (C=O) groups is 2. The van der Waals surface area contributed by atoms with Gasteiger partial charge < -0.3 is 15.0 Å². The van der Waals surface area contributed by atoms with Crippen LogP contribution in [0.2, 0.25) is 10.0 Å². The zero-order chi connectivity index (χ0) is 30.9. The molecule has 0 unspecified atom stereocenters. The summed E-state index contributed by atoms with van der Waals surface area (Å²) in [5, 5.41) is 3.52. The normalized spacial score (nSPS) is 12.0. The molecule has 0 aliphatic rings. The van der Waals surface area contributed by atoms with Gasteiger partial charge in [-0.1, -0.05) is 79.4 Å². The van der Waals surface area contributed by atoms with Crippen molar-refractivity contribution in [1.82, 2.24) is 10.2 Å². The second-order valence-corrected chi connectivity index (χ2v) is 12.5. The van der Waals surface area contributed by atoms with Gasteiger partial charge in [-0.15, -0.1) is 0 Å². The fraction of sp³-hybridized carbons (Fsp3) is 0.355. The van der Waals surface area contributed by atoms with Crippen LogP contribution in [0.5, 0.6) is 5.75 Å². The number of nitrogens with one attached hydrogen (secondary N) is 1. The van der Waals surface area contributed by atoms with Crippen LogP contribution < -0.4 is 14.4 Å². The number of halogens is 2. The molecule has 8 nitrogen and oxygen atoms in total. The second kappa shape index (κ2) is 15.3. The first-order valence-corrected chi connectivity index (χ1v) is 16.0. The highest BCUT2D eigenvalue weighted by molar-refractivity contribution is 7.92. The molecule has 0 bridgehead atoms. The van der Waals surface area contributed by atoms with Crippen LogP contribution in [0.3, 0.4) is 0 Å². The fourth-order valence-electron chi connectivity index (χ4n) is 4.41. The molecule has 1 atom stereocenters. The molecule has 0 saturated heterocycles. The Labute approximate surface area is 258 Å². The lowest BCUT2D eigenvalue weighted by Gasteiger charge is -2.33. The molecule has 0 aliphatic heterocycles. The summed E-state index contributed by atoms with van der Waals surface area (Å²) in [7, 11) is -2.77. The van der Waals surface area contributed by atoms with Crippen molar-refractivity contribution in [3.63, 3.8) is 0 Å². The van der Waals surface area contributed by atoms with Crippen LogP contribution in [0.1, 0.15) is 44.2 Å². The third kappa shape index (κ3) is 8.18. The molecule has 226 valence electrons. The van der Waals surface area contributed by atoms with Crippen LogP contribution in [0.15, 0.2) is 71.6 Å². The summed E-state index contributed by atoms with van der Waals surface area (Å²) < 4.78 is 34.3. The number of anilines is 1. The van der Waals surface area contributed by atoms with Crippen molar-refractivity contribution >= 4 is 50.7 Å². The molecule has 0 spiro atoms. The summed E-state index contributed by atoms with van der Waals surface area (Å²) in [6.07, 6.45) is 2.00. The van der Waals surface area contributed by atoms with Crippen molar-refractivity contribution < 1.29 is 22.7 Å². The first-order valence-electron chi connectivity index (χ1n) is 13.8. The number of aryl methyl sites for hydroxylation is 1. The van der Waals surface area contributed by atoms with Crippen molar-refractivity contribution in [1.29, 1.82) is 0 Å². The van der Waals surface area contributed by atoms with Gasteiger partial charge in [-0.05, 0) is 61.7 Å². The molecule has 42 heavy (non-hydrogen) atoms. The van der Waals surface area contributed by atoms with E-state index < -0.39 is 28.5 Å². The number of benzene rings is 3. The lowest BCUT2D eigenvalue weighted by atomic mass is 10.1. The molecule has 0 aliphatic carbocycles. The van der Waals surface area contributed by atoms with Crippen LogP contribution in [-0.4, -0.2) is 51.4 Å². The Kier molecular flexibility index (Phi) is 12.1. The zero-order valence-corrected chi connectivity index (χ0v) is 26.6. The third-order valence-corrected chi connectivity index (χ3v) is 9.28. The molecule has 0 fully saturated rings. The second-order valence-electron chi connectivity index (χ2n) is 9.83. The van der Waals surface area contributed by atoms with E-state index in [1.165, 1.54) is 42.3 Å². The van der Waals surface area contributed by atoms with E-state index in [2.05, 4.69) is 5.32 Å². The monoisotopic (exact) mass is 633 g/mol. The highest BCUT2D eigenvalue weighted by atomic mass is 35.5. The van der Waals surface area contributed by atoms with Crippen molar-refractivity contribution in [3.8, 4) is 5.75 Å². The van der Waals surface area contributed by atoms with E-state index in [0.717, 1.165) is 22.7 Å². The smallest absolute Gasteiger partial charge is 0.264 e. The zero-order valence-electron chi connectivity index (χ0n) is 24.3. The van der Waals surface area contributed by atoms with Gasteiger partial charge in [0.25, 0.3) is 10.0 Å². The van der Waals surface area contributed by atoms with Crippen LogP contribution >= 0.6 is 23.2 Å². The van der Waals surface area contributed by atoms with Gasteiger partial charge in [-0.3, -0.25) is 13.9 Å². The maximum atomic E-state index is 14.2. The predicted molar refractivity (Wildman–Crippen MR) is 168 cm³/mol. The Morgan fingerprint density at radius 2 is 1.67 bits per heavy atom. The summed E-state index contributed by atoms with van der Waals surface area (Å²) in [5.41, 5.74) is 1.69. The lowest BCUT2D eigenvalue weighted by Crippen LogP contribution is -2.52. The molecule has 0 heterocycles. The van der Waals surface area contributed by atoms with E-state index >= 15 is 0 Å². The van der Waals surface area contributed by atoms with Gasteiger partial charge in [0, 0.05) is 18.1 Å². The van der Waals surface area contributed by atoms with E-state index in [0.29, 0.717) is 29.3 Å². The first-order chi connectivity index (χ1) is 20.0. The lowest BCUT2D eigenvalue weighted by molar-refractivity contribution is -0.140. The molecule has 1 N–H and O–H groups in total. The standard InChI is InChI=1S/C31H37Cl2N3O5S/c1-5-7-18-34-31(38)28(6-2)35(20-23-10-8-9-11-26(23)32)30(37)21-36(24-14-17-29(41-4)27(33)19-24)42(39,40)25-15-12-22(3)13-16-25/h8-17,19,28H,5-7,18,20-21H2,1-4H3,(H,34,38)/t28-/m1/s1. The van der Waals surface area contributed by atoms with Crippen molar-refractivity contribution in [2.75, 3.05) is 24.5 Å². The van der Waals surface area contributed by atoms with Gasteiger partial charge in [-0.25, -0.2) is 8.42 Å². The molecular weight excluding hydrogens is 597 g/mol. The minimum absolute atomic E-state index is 0.00912. The number of hydrogen-bond donors (Lipinski definition) is 1. The summed E-state index contributed by atoms with van der Waals surface area (Å²) in [6, 6.07) is 17.0. The van der Waals surface area contributed by atoms with Crippen LogP contribution in [0.4, 0.5) is 5.69 Å². The first kappa shape index (κ1) is 33.2. The van der Waals surface area contributed by atoms with Crippen LogP contribution in [0, 0.1) is 6.92 Å². The van der Waals surface area contributed by atoms with E-state index in [1.807, 2.05) is 13.8 Å². The Morgan fingerprint density at radius 1 is 0.976 bits per heavy atom. The molecule has 2 amide bonds. The number of ether oxygens (including phenoxy) is 1. The minimum atomic E-state index is -4.23. The quantitative estimate of drug-likeness (QED) is 0.212. The number of methoxy groups -OCH3 is 1. The number of carbonyl (C=O) groups excluding carboxylic acids is 2. The van der Waals surface area contributed by atoms with Gasteiger partial charge in [0.2, 0.25) is 11.8 Å². The number of sulfonamides is 1. The van der Waals surface area contributed by atoms with Crippen molar-refractivity contribution in [2.24, 2.45) is 0 Å². The molecule has 3 rings (SSSR count). The van der Waals surface area contributed by atoms with Gasteiger partial charge in [0.15, 0.2) is 0 Å². The SMILES string of the molecule is CCCCNC(=O)[C@@H](CC)N(Cc1ccccc1Cl)C(=O)CN(c1ccc(OC)c(Cl)c1)S(=O)(=O)c1ccc(C)cc1. The molecule has 3 aromatic rings. The van der Waals surface area contributed by atoms with E-state index in [9.17, 15) is 18.0 Å². The average Bonchev–Trinajstić information content (AvgIpc) is 2.97. The molecule has 11 heteroatoms. The maximum Gasteiger partial charge on any atom is 0.264 e. The van der Waals surface area contributed by atoms with Gasteiger partial charge in [-0.2, -0.15) is 0 Å². The maximum absolute atomic E-state index is 14.2. The van der Waals surface area contributed by atoms with Crippen molar-refractivity contribution in [3.05, 3.63) is 87.9 Å². The Hall–Kier alpha value is -3.27. The molecular formula is C31H37Cl2N3O5S. The van der Waals surface area contributed by atoms with Gasteiger partial charge >= 0.3 is 0 Å². The highest BCUT2D eigenvalue weighted by Gasteiger charge is 2.34. The highest BCUT2D eigenvalue weighted by Crippen LogP contribution is 2.32. The predicted octanol–water partition coefficient (Wildman–Crippen LogP) is 6.23. The third-order valence-electron chi connectivity index (χ3n) is 6.83. The van der Waals surface area contributed by atoms with E-state index in [1.54, 1.807) is 43.3 Å². The molecule has 0 saturated carbocycles. The number of rotatable bonds is 14. The Balaban J connectivity index is 2.08. The van der Waals surface area contributed by atoms with Gasteiger partial charge in [0.1, 0.15) is 18.3 Å². The van der Waals surface area contributed by atoms with Crippen LogP contribution in [0.25, 0.3) is 0 Å². The molecule has 0 aromatic heterocycles. The fourth-order valence-corrected chi connectivity index (χ4v) is 6.27. The topological polar surface area (TPSA) is 96.0 Å². The average molecular weight is 635 g/mol. The summed E-state index contributed by atoms with van der Waals surface area (Å²) in [4.78, 5) is 28.9.